The van der Waals surface area contributed by atoms with Crippen LogP contribution in [0.3, 0.4) is 0 Å². The second-order valence-electron chi connectivity index (χ2n) is 8.61. The van der Waals surface area contributed by atoms with Crippen molar-refractivity contribution in [1.82, 2.24) is 24.8 Å². The minimum atomic E-state index is -1.03. The van der Waals surface area contributed by atoms with Crippen molar-refractivity contribution < 1.29 is 23.9 Å². The van der Waals surface area contributed by atoms with Crippen LogP contribution >= 0.6 is 11.6 Å². The Hall–Kier alpha value is -3.37. The van der Waals surface area contributed by atoms with Crippen molar-refractivity contribution in [2.24, 2.45) is 0 Å². The number of carbonyl (C=O) groups is 3. The first-order valence-corrected chi connectivity index (χ1v) is 11.0. The van der Waals surface area contributed by atoms with Crippen LogP contribution in [0.2, 0.25) is 5.15 Å². The highest BCUT2D eigenvalue weighted by Gasteiger charge is 2.35. The molecule has 11 heteroatoms. The van der Waals surface area contributed by atoms with Crippen LogP contribution in [0.1, 0.15) is 39.4 Å². The fourth-order valence-corrected chi connectivity index (χ4v) is 4.19. The summed E-state index contributed by atoms with van der Waals surface area (Å²) in [6.45, 7) is 0.509. The number of H-pyrrole nitrogens is 1. The van der Waals surface area contributed by atoms with Crippen molar-refractivity contribution in [3.05, 3.63) is 58.4 Å². The van der Waals surface area contributed by atoms with Gasteiger partial charge in [-0.15, -0.1) is 0 Å². The molecule has 9 nitrogen and oxygen atoms in total. The first-order valence-electron chi connectivity index (χ1n) is 10.6. The maximum atomic E-state index is 13.2. The Labute approximate surface area is 199 Å². The summed E-state index contributed by atoms with van der Waals surface area (Å²) in [4.78, 5) is 51.5. The highest BCUT2D eigenvalue weighted by molar-refractivity contribution is 6.44. The molecule has 1 aliphatic heterocycles. The number of hydrogen-bond donors (Lipinski definition) is 2. The van der Waals surface area contributed by atoms with Crippen molar-refractivity contribution in [3.63, 3.8) is 0 Å². The van der Waals surface area contributed by atoms with Gasteiger partial charge in [-0.3, -0.25) is 14.4 Å². The van der Waals surface area contributed by atoms with E-state index in [0.717, 1.165) is 10.5 Å². The Kier molecular flexibility index (Phi) is 6.37. The van der Waals surface area contributed by atoms with Gasteiger partial charge in [-0.2, -0.15) is 0 Å². The number of aliphatic hydroxyl groups is 1. The van der Waals surface area contributed by atoms with E-state index in [4.69, 9.17) is 11.6 Å². The summed E-state index contributed by atoms with van der Waals surface area (Å²) < 4.78 is 13.1. The molecule has 2 aromatic heterocycles. The molecule has 2 amide bonds. The Morgan fingerprint density at radius 3 is 2.44 bits per heavy atom. The van der Waals surface area contributed by atoms with Crippen molar-refractivity contribution >= 4 is 40.2 Å². The molecule has 1 aromatic carbocycles. The van der Waals surface area contributed by atoms with Crippen LogP contribution < -0.4 is 0 Å². The van der Waals surface area contributed by atoms with Gasteiger partial charge in [0.2, 0.25) is 0 Å². The van der Waals surface area contributed by atoms with Crippen LogP contribution in [-0.4, -0.2) is 80.2 Å². The highest BCUT2D eigenvalue weighted by atomic mass is 35.5. The summed E-state index contributed by atoms with van der Waals surface area (Å²) in [6, 6.07) is 5.96. The number of fused-ring (bicyclic) bond motifs is 1. The molecular formula is C23H23ClFN5O4. The molecule has 1 fully saturated rings. The monoisotopic (exact) mass is 487 g/mol. The number of halogens is 2. The topological polar surface area (TPSA) is 119 Å². The number of aromatic nitrogens is 3. The molecular weight excluding hydrogens is 465 g/mol. The lowest BCUT2D eigenvalue weighted by atomic mass is 9.85. The third-order valence-corrected chi connectivity index (χ3v) is 6.19. The predicted molar refractivity (Wildman–Crippen MR) is 122 cm³/mol. The molecule has 178 valence electrons. The fourth-order valence-electron chi connectivity index (χ4n) is 3.97. The summed E-state index contributed by atoms with van der Waals surface area (Å²) >= 11 is 6.22. The highest BCUT2D eigenvalue weighted by Crippen LogP contribution is 2.29. The molecule has 1 saturated heterocycles. The number of aromatic amines is 1. The lowest BCUT2D eigenvalue weighted by molar-refractivity contribution is -0.124. The van der Waals surface area contributed by atoms with E-state index in [1.165, 1.54) is 37.3 Å². The zero-order valence-electron chi connectivity index (χ0n) is 18.6. The largest absolute Gasteiger partial charge is 0.389 e. The van der Waals surface area contributed by atoms with E-state index in [9.17, 15) is 23.9 Å². The number of nitrogens with zero attached hydrogens (tertiary/aromatic N) is 4. The molecule has 0 atom stereocenters. The van der Waals surface area contributed by atoms with Crippen molar-refractivity contribution in [2.75, 3.05) is 27.2 Å². The van der Waals surface area contributed by atoms with E-state index in [0.29, 0.717) is 19.3 Å². The average molecular weight is 488 g/mol. The molecule has 0 bridgehead atoms. The minimum Gasteiger partial charge on any atom is -0.389 e. The van der Waals surface area contributed by atoms with E-state index < -0.39 is 23.2 Å². The molecule has 2 N–H and O–H groups in total. The van der Waals surface area contributed by atoms with Gasteiger partial charge in [0.05, 0.1) is 5.60 Å². The summed E-state index contributed by atoms with van der Waals surface area (Å²) in [5.41, 5.74) is -0.0919. The third kappa shape index (κ3) is 4.64. The molecule has 0 saturated carbocycles. The Balaban J connectivity index is 1.52. The number of piperidine rings is 1. The molecule has 0 aliphatic carbocycles. The predicted octanol–water partition coefficient (Wildman–Crippen LogP) is 2.23. The number of amides is 2. The number of nitrogens with one attached hydrogen (secondary N) is 1. The zero-order valence-corrected chi connectivity index (χ0v) is 19.4. The number of Topliss-reactive ketones (excluding diaryl/α,β-unsaturated/α-hetero) is 1. The second-order valence-corrected chi connectivity index (χ2v) is 8.97. The number of hydrogen-bond acceptors (Lipinski definition) is 6. The van der Waals surface area contributed by atoms with Crippen LogP contribution in [0.4, 0.5) is 4.39 Å². The van der Waals surface area contributed by atoms with Gasteiger partial charge in [-0.1, -0.05) is 23.7 Å². The van der Waals surface area contributed by atoms with Gasteiger partial charge in [0.1, 0.15) is 22.5 Å². The molecule has 0 spiro atoms. The number of likely N-dealkylation sites (N-methyl/N-ethyl adjacent to an activating group) is 1. The first-order chi connectivity index (χ1) is 16.1. The quantitative estimate of drug-likeness (QED) is 0.420. The van der Waals surface area contributed by atoms with E-state index in [1.54, 1.807) is 12.1 Å². The lowest BCUT2D eigenvalue weighted by Crippen LogP contribution is -2.48. The van der Waals surface area contributed by atoms with Gasteiger partial charge < -0.3 is 19.9 Å². The molecule has 34 heavy (non-hydrogen) atoms. The normalized spacial score (nSPS) is 15.4. The first kappa shape index (κ1) is 23.8. The summed E-state index contributed by atoms with van der Waals surface area (Å²) in [6.07, 6.45) is 2.37. The van der Waals surface area contributed by atoms with E-state index in [-0.39, 0.29) is 46.5 Å². The van der Waals surface area contributed by atoms with E-state index in [2.05, 4.69) is 15.0 Å². The summed E-state index contributed by atoms with van der Waals surface area (Å²) in [5, 5.41) is 10.8. The van der Waals surface area contributed by atoms with Gasteiger partial charge in [0.15, 0.2) is 10.8 Å². The zero-order chi connectivity index (χ0) is 24.6. The van der Waals surface area contributed by atoms with Gasteiger partial charge in [0.25, 0.3) is 17.6 Å². The van der Waals surface area contributed by atoms with Gasteiger partial charge in [-0.25, -0.2) is 14.4 Å². The van der Waals surface area contributed by atoms with E-state index >= 15 is 0 Å². The number of carbonyl (C=O) groups excluding carboxylic acids is 3. The molecule has 0 unspecified atom stereocenters. The van der Waals surface area contributed by atoms with Crippen LogP contribution in [0.5, 0.6) is 0 Å². The SMILES string of the molecule is CN(C)C(=O)C(=O)c1[nH]cc2nc(Cl)c(C(=O)N3CCC(O)(Cc4ccc(F)cc4)CC3)nc12. The number of rotatable bonds is 5. The molecule has 1 aliphatic rings. The fraction of sp³-hybridized carbons (Fsp3) is 0.348. The van der Waals surface area contributed by atoms with Crippen LogP contribution in [-0.2, 0) is 11.2 Å². The number of ketones is 1. The molecule has 3 aromatic rings. The maximum Gasteiger partial charge on any atom is 0.296 e. The van der Waals surface area contributed by atoms with Gasteiger partial charge >= 0.3 is 0 Å². The van der Waals surface area contributed by atoms with Gasteiger partial charge in [0, 0.05) is 39.8 Å². The van der Waals surface area contributed by atoms with Crippen molar-refractivity contribution in [1.29, 1.82) is 0 Å². The summed E-state index contributed by atoms with van der Waals surface area (Å²) in [5.74, 6) is -2.38. The standard InChI is InChI=1S/C23H23ClFN5O4/c1-29(2)22(33)19(31)17-16-15(12-26-17)27-20(24)18(28-16)21(32)30-9-7-23(34,8-10-30)11-13-3-5-14(25)6-4-13/h3-6,12,26,34H,7-11H2,1-2H3. The van der Waals surface area contributed by atoms with Gasteiger partial charge in [-0.05, 0) is 30.5 Å². The number of likely N-dealkylation sites (tertiary alicyclic amines) is 1. The van der Waals surface area contributed by atoms with Crippen molar-refractivity contribution in [2.45, 2.75) is 24.9 Å². The van der Waals surface area contributed by atoms with Crippen molar-refractivity contribution in [3.8, 4) is 0 Å². The molecule has 3 heterocycles. The molecule has 0 radical (unpaired) electrons. The minimum absolute atomic E-state index is 0.0702. The lowest BCUT2D eigenvalue weighted by Gasteiger charge is -2.38. The molecule has 4 rings (SSSR count). The Bertz CT molecular complexity index is 1270. The van der Waals surface area contributed by atoms with Crippen LogP contribution in [0, 0.1) is 5.82 Å². The summed E-state index contributed by atoms with van der Waals surface area (Å²) in [7, 11) is 2.91. The van der Waals surface area contributed by atoms with E-state index in [1.807, 2.05) is 0 Å². The number of benzene rings is 1. The maximum absolute atomic E-state index is 13.2. The smallest absolute Gasteiger partial charge is 0.296 e. The average Bonchev–Trinajstić information content (AvgIpc) is 3.21. The van der Waals surface area contributed by atoms with Crippen LogP contribution in [0.15, 0.2) is 30.5 Å². The second kappa shape index (κ2) is 9.11. The van der Waals surface area contributed by atoms with Crippen LogP contribution in [0.25, 0.3) is 11.0 Å². The Morgan fingerprint density at radius 2 is 1.82 bits per heavy atom. The Morgan fingerprint density at radius 1 is 1.18 bits per heavy atom. The third-order valence-electron chi connectivity index (χ3n) is 5.93.